The van der Waals surface area contributed by atoms with Gasteiger partial charge in [0.2, 0.25) is 5.75 Å². The quantitative estimate of drug-likeness (QED) is 0.288. The molecule has 2 aromatic rings. The molecule has 1 N–H and O–H groups in total. The summed E-state index contributed by atoms with van der Waals surface area (Å²) in [7, 11) is 8.18. The highest BCUT2D eigenvalue weighted by molar-refractivity contribution is 6.46. The standard InChI is InChI=1S/C26H31ClN2O7/c1-7-36-18-9-8-15(12-17(18)27)23(30)21-22(29(11-10-28(2)3)26(32)24(21)31)16-13-19(33-4)25(35-6)20(14-16)34-5/h8-9,12-14,22,30H,7,10-11H2,1-6H3/b23-21+. The van der Waals surface area contributed by atoms with Gasteiger partial charge in [-0.1, -0.05) is 11.6 Å². The van der Waals surface area contributed by atoms with Crippen LogP contribution in [0.1, 0.15) is 24.1 Å². The number of likely N-dealkylation sites (N-methyl/N-ethyl adjacent to an activating group) is 1. The summed E-state index contributed by atoms with van der Waals surface area (Å²) >= 11 is 6.33. The van der Waals surface area contributed by atoms with Gasteiger partial charge >= 0.3 is 0 Å². The molecule has 1 atom stereocenters. The maximum Gasteiger partial charge on any atom is 0.295 e. The predicted octanol–water partition coefficient (Wildman–Crippen LogP) is 3.75. The van der Waals surface area contributed by atoms with E-state index in [1.54, 1.807) is 24.3 Å². The third-order valence-corrected chi connectivity index (χ3v) is 6.13. The van der Waals surface area contributed by atoms with E-state index in [4.69, 9.17) is 30.5 Å². The minimum absolute atomic E-state index is 0.0618. The molecular formula is C26H31ClN2O7. The molecular weight excluding hydrogens is 488 g/mol. The summed E-state index contributed by atoms with van der Waals surface area (Å²) in [6.07, 6.45) is 0. The van der Waals surface area contributed by atoms with Crippen LogP contribution in [0.2, 0.25) is 5.02 Å². The van der Waals surface area contributed by atoms with Gasteiger partial charge in [0.1, 0.15) is 11.5 Å². The highest BCUT2D eigenvalue weighted by Gasteiger charge is 2.46. The molecule has 1 saturated heterocycles. The first-order valence-corrected chi connectivity index (χ1v) is 11.7. The summed E-state index contributed by atoms with van der Waals surface area (Å²) in [5.41, 5.74) is 0.737. The van der Waals surface area contributed by atoms with Crippen molar-refractivity contribution in [2.24, 2.45) is 0 Å². The number of methoxy groups -OCH3 is 3. The van der Waals surface area contributed by atoms with Crippen LogP contribution in [-0.2, 0) is 9.59 Å². The van der Waals surface area contributed by atoms with E-state index in [0.717, 1.165) is 0 Å². The van der Waals surface area contributed by atoms with Crippen LogP contribution in [0.5, 0.6) is 23.0 Å². The summed E-state index contributed by atoms with van der Waals surface area (Å²) in [4.78, 5) is 29.8. The van der Waals surface area contributed by atoms with Crippen LogP contribution in [0.15, 0.2) is 35.9 Å². The van der Waals surface area contributed by atoms with E-state index < -0.39 is 17.7 Å². The van der Waals surface area contributed by atoms with Gasteiger partial charge < -0.3 is 33.9 Å². The number of halogens is 1. The zero-order valence-corrected chi connectivity index (χ0v) is 22.0. The highest BCUT2D eigenvalue weighted by atomic mass is 35.5. The Morgan fingerprint density at radius 2 is 1.67 bits per heavy atom. The Labute approximate surface area is 215 Å². The number of Topliss-reactive ketones (excluding diaryl/α,β-unsaturated/α-hetero) is 1. The topological polar surface area (TPSA) is 97.8 Å². The Morgan fingerprint density at radius 3 is 2.17 bits per heavy atom. The number of aliphatic hydroxyl groups excluding tert-OH is 1. The summed E-state index contributed by atoms with van der Waals surface area (Å²) in [6.45, 7) is 3.00. The van der Waals surface area contributed by atoms with Crippen molar-refractivity contribution in [2.45, 2.75) is 13.0 Å². The second-order valence-electron chi connectivity index (χ2n) is 8.33. The second kappa shape index (κ2) is 11.5. The number of amides is 1. The van der Waals surface area contributed by atoms with Crippen molar-refractivity contribution in [3.8, 4) is 23.0 Å². The maximum atomic E-state index is 13.3. The third kappa shape index (κ3) is 5.22. The van der Waals surface area contributed by atoms with Crippen molar-refractivity contribution < 1.29 is 33.6 Å². The van der Waals surface area contributed by atoms with E-state index in [1.807, 2.05) is 25.9 Å². The van der Waals surface area contributed by atoms with Gasteiger partial charge in [0, 0.05) is 18.7 Å². The van der Waals surface area contributed by atoms with Gasteiger partial charge in [-0.05, 0) is 56.9 Å². The fraction of sp³-hybridized carbons (Fsp3) is 0.385. The zero-order chi connectivity index (χ0) is 26.6. The average Bonchev–Trinajstić information content (AvgIpc) is 3.12. The number of rotatable bonds is 10. The third-order valence-electron chi connectivity index (χ3n) is 5.84. The number of nitrogens with zero attached hydrogens (tertiary/aromatic N) is 2. The molecule has 0 saturated carbocycles. The number of carbonyl (C=O) groups is 2. The van der Waals surface area contributed by atoms with E-state index in [-0.39, 0.29) is 28.5 Å². The first-order valence-electron chi connectivity index (χ1n) is 11.3. The van der Waals surface area contributed by atoms with Crippen molar-refractivity contribution in [1.29, 1.82) is 0 Å². The molecule has 1 fully saturated rings. The van der Waals surface area contributed by atoms with Crippen molar-refractivity contribution >= 4 is 29.1 Å². The van der Waals surface area contributed by atoms with E-state index in [0.29, 0.717) is 41.7 Å². The summed E-state index contributed by atoms with van der Waals surface area (Å²) in [6, 6.07) is 7.13. The Hall–Kier alpha value is -3.43. The lowest BCUT2D eigenvalue weighted by Gasteiger charge is -2.27. The first kappa shape index (κ1) is 27.2. The molecule has 9 nitrogen and oxygen atoms in total. The Morgan fingerprint density at radius 1 is 1.03 bits per heavy atom. The monoisotopic (exact) mass is 518 g/mol. The maximum absolute atomic E-state index is 13.3. The fourth-order valence-corrected chi connectivity index (χ4v) is 4.34. The number of benzene rings is 2. The number of hydrogen-bond donors (Lipinski definition) is 1. The molecule has 3 rings (SSSR count). The smallest absolute Gasteiger partial charge is 0.295 e. The molecule has 36 heavy (non-hydrogen) atoms. The van der Waals surface area contributed by atoms with Crippen molar-refractivity contribution in [3.05, 3.63) is 52.1 Å². The Bertz CT molecular complexity index is 1150. The van der Waals surface area contributed by atoms with Gasteiger partial charge in [-0.15, -0.1) is 0 Å². The Balaban J connectivity index is 2.24. The normalized spacial score (nSPS) is 17.0. The van der Waals surface area contributed by atoms with E-state index in [9.17, 15) is 14.7 Å². The van der Waals surface area contributed by atoms with Crippen LogP contribution in [0.3, 0.4) is 0 Å². The molecule has 0 aromatic heterocycles. The van der Waals surface area contributed by atoms with Gasteiger partial charge in [0.15, 0.2) is 11.5 Å². The van der Waals surface area contributed by atoms with Gasteiger partial charge in [-0.3, -0.25) is 9.59 Å². The van der Waals surface area contributed by atoms with Crippen LogP contribution in [-0.4, -0.2) is 81.7 Å². The minimum Gasteiger partial charge on any atom is -0.507 e. The molecule has 0 aliphatic carbocycles. The van der Waals surface area contributed by atoms with E-state index >= 15 is 0 Å². The highest BCUT2D eigenvalue weighted by Crippen LogP contribution is 2.46. The molecule has 0 bridgehead atoms. The predicted molar refractivity (Wildman–Crippen MR) is 136 cm³/mol. The lowest BCUT2D eigenvalue weighted by Crippen LogP contribution is -2.35. The fourth-order valence-electron chi connectivity index (χ4n) is 4.10. The summed E-state index contributed by atoms with van der Waals surface area (Å²) < 4.78 is 21.9. The molecule has 2 aromatic carbocycles. The van der Waals surface area contributed by atoms with E-state index in [2.05, 4.69) is 0 Å². The molecule has 1 aliphatic heterocycles. The van der Waals surface area contributed by atoms with Gasteiger partial charge in [-0.25, -0.2) is 0 Å². The number of likely N-dealkylation sites (tertiary alicyclic amines) is 1. The molecule has 1 unspecified atom stereocenters. The van der Waals surface area contributed by atoms with Crippen LogP contribution in [0.4, 0.5) is 0 Å². The largest absolute Gasteiger partial charge is 0.507 e. The molecule has 1 amide bonds. The van der Waals surface area contributed by atoms with Crippen LogP contribution in [0, 0.1) is 0 Å². The molecule has 1 aliphatic rings. The van der Waals surface area contributed by atoms with Crippen LogP contribution in [0.25, 0.3) is 5.76 Å². The van der Waals surface area contributed by atoms with Crippen molar-refractivity contribution in [3.63, 3.8) is 0 Å². The number of ketones is 1. The first-order chi connectivity index (χ1) is 17.2. The molecule has 10 heteroatoms. The van der Waals surface area contributed by atoms with E-state index in [1.165, 1.54) is 32.3 Å². The molecule has 1 heterocycles. The van der Waals surface area contributed by atoms with Crippen molar-refractivity contribution in [1.82, 2.24) is 9.80 Å². The van der Waals surface area contributed by atoms with Crippen LogP contribution >= 0.6 is 11.6 Å². The lowest BCUT2D eigenvalue weighted by molar-refractivity contribution is -0.140. The zero-order valence-electron chi connectivity index (χ0n) is 21.3. The second-order valence-corrected chi connectivity index (χ2v) is 8.74. The van der Waals surface area contributed by atoms with Crippen molar-refractivity contribution in [2.75, 3.05) is 55.1 Å². The number of carbonyl (C=O) groups excluding carboxylic acids is 2. The van der Waals surface area contributed by atoms with Gasteiger partial charge in [-0.2, -0.15) is 0 Å². The van der Waals surface area contributed by atoms with Gasteiger partial charge in [0.25, 0.3) is 11.7 Å². The molecule has 0 spiro atoms. The number of hydrogen-bond acceptors (Lipinski definition) is 8. The average molecular weight is 519 g/mol. The summed E-state index contributed by atoms with van der Waals surface area (Å²) in [5.74, 6) is -0.326. The minimum atomic E-state index is -0.899. The van der Waals surface area contributed by atoms with Crippen LogP contribution < -0.4 is 18.9 Å². The Kier molecular flexibility index (Phi) is 8.70. The number of aliphatic hydroxyl groups is 1. The lowest BCUT2D eigenvalue weighted by atomic mass is 9.94. The number of ether oxygens (including phenoxy) is 4. The SMILES string of the molecule is CCOc1ccc(/C(O)=C2\C(=O)C(=O)N(CCN(C)C)C2c2cc(OC)c(OC)c(OC)c2)cc1Cl. The summed E-state index contributed by atoms with van der Waals surface area (Å²) in [5, 5.41) is 11.6. The molecule has 0 radical (unpaired) electrons. The van der Waals surface area contributed by atoms with Gasteiger partial charge in [0.05, 0.1) is 44.6 Å². The molecule has 194 valence electrons.